The van der Waals surface area contributed by atoms with Crippen LogP contribution in [0.2, 0.25) is 5.02 Å². The minimum atomic E-state index is -0.909. The molecule has 2 aromatic rings. The van der Waals surface area contributed by atoms with Crippen LogP contribution in [-0.4, -0.2) is 30.3 Å². The number of hydrogen-bond acceptors (Lipinski definition) is 5. The van der Waals surface area contributed by atoms with E-state index in [1.807, 2.05) is 30.3 Å². The van der Waals surface area contributed by atoms with Crippen LogP contribution in [0.1, 0.15) is 32.8 Å². The van der Waals surface area contributed by atoms with Crippen LogP contribution in [0.25, 0.3) is 0 Å². The third-order valence-electron chi connectivity index (χ3n) is 3.67. The van der Waals surface area contributed by atoms with Crippen molar-refractivity contribution in [3.8, 4) is 5.75 Å². The monoisotopic (exact) mass is 419 g/mol. The Morgan fingerprint density at radius 3 is 2.45 bits per heavy atom. The molecule has 0 unspecified atom stereocenters. The third-order valence-corrected chi connectivity index (χ3v) is 3.91. The highest BCUT2D eigenvalue weighted by Gasteiger charge is 2.25. The van der Waals surface area contributed by atoms with Gasteiger partial charge in [-0.1, -0.05) is 48.0 Å². The Morgan fingerprint density at radius 2 is 1.79 bits per heavy atom. The number of nitrogens with one attached hydrogen (secondary N) is 1. The summed E-state index contributed by atoms with van der Waals surface area (Å²) in [5, 5.41) is 3.11. The number of rotatable bonds is 8. The molecule has 0 aliphatic carbocycles. The van der Waals surface area contributed by atoms with E-state index in [0.29, 0.717) is 10.8 Å². The molecule has 0 saturated heterocycles. The zero-order valence-corrected chi connectivity index (χ0v) is 17.6. The van der Waals surface area contributed by atoms with Crippen molar-refractivity contribution in [2.75, 3.05) is 6.61 Å². The lowest BCUT2D eigenvalue weighted by atomic mass is 10.2. The number of amides is 1. The molecule has 1 N–H and O–H groups in total. The molecule has 6 nitrogen and oxygen atoms in total. The zero-order valence-electron chi connectivity index (χ0n) is 16.8. The number of carbonyl (C=O) groups excluding carboxylic acids is 2. The lowest BCUT2D eigenvalue weighted by Gasteiger charge is -2.23. The van der Waals surface area contributed by atoms with Gasteiger partial charge in [0.25, 0.3) is 0 Å². The molecular weight excluding hydrogens is 394 g/mol. The van der Waals surface area contributed by atoms with Gasteiger partial charge in [0.15, 0.2) is 0 Å². The molecule has 0 bridgehead atoms. The van der Waals surface area contributed by atoms with E-state index < -0.39 is 23.7 Å². The van der Waals surface area contributed by atoms with Gasteiger partial charge in [0.1, 0.15) is 24.0 Å². The molecule has 0 aliphatic rings. The van der Waals surface area contributed by atoms with Gasteiger partial charge in [-0.25, -0.2) is 9.59 Å². The molecule has 1 atom stereocenters. The third kappa shape index (κ3) is 8.87. The molecule has 1 amide bonds. The largest absolute Gasteiger partial charge is 0.493 e. The summed E-state index contributed by atoms with van der Waals surface area (Å²) in [6, 6.07) is 15.3. The highest BCUT2D eigenvalue weighted by molar-refractivity contribution is 6.30. The van der Waals surface area contributed by atoms with Gasteiger partial charge in [0.2, 0.25) is 0 Å². The van der Waals surface area contributed by atoms with E-state index in [1.165, 1.54) is 0 Å². The minimum Gasteiger partial charge on any atom is -0.493 e. The second-order valence-electron chi connectivity index (χ2n) is 7.39. The van der Waals surface area contributed by atoms with Crippen molar-refractivity contribution in [2.24, 2.45) is 0 Å². The summed E-state index contributed by atoms with van der Waals surface area (Å²) in [4.78, 5) is 24.7. The van der Waals surface area contributed by atoms with E-state index in [-0.39, 0.29) is 19.6 Å². The van der Waals surface area contributed by atoms with Crippen LogP contribution in [0, 0.1) is 0 Å². The summed E-state index contributed by atoms with van der Waals surface area (Å²) in [7, 11) is 0. The molecule has 0 spiro atoms. The minimum absolute atomic E-state index is 0.112. The van der Waals surface area contributed by atoms with Crippen molar-refractivity contribution in [1.82, 2.24) is 5.32 Å². The average molecular weight is 420 g/mol. The maximum atomic E-state index is 12.5. The smallest absolute Gasteiger partial charge is 0.408 e. The molecule has 0 fully saturated rings. The van der Waals surface area contributed by atoms with Crippen molar-refractivity contribution in [1.29, 1.82) is 0 Å². The first-order valence-electron chi connectivity index (χ1n) is 9.31. The van der Waals surface area contributed by atoms with E-state index in [9.17, 15) is 9.59 Å². The molecule has 0 aliphatic heterocycles. The summed E-state index contributed by atoms with van der Waals surface area (Å²) < 4.78 is 16.2. The standard InChI is InChI=1S/C22H26ClNO5/c1-22(2,3)29-21(26)24-19(12-13-27-18-11-7-10-17(23)14-18)20(25)28-15-16-8-5-4-6-9-16/h4-11,14,19H,12-13,15H2,1-3H3,(H,24,26)/t19-/m0/s1. The predicted octanol–water partition coefficient (Wildman–Crippen LogP) is 4.75. The van der Waals surface area contributed by atoms with E-state index in [1.54, 1.807) is 45.0 Å². The Kier molecular flexibility index (Phi) is 8.34. The molecule has 7 heteroatoms. The molecule has 2 aromatic carbocycles. The Hall–Kier alpha value is -2.73. The number of alkyl carbamates (subject to hydrolysis) is 1. The highest BCUT2D eigenvalue weighted by Crippen LogP contribution is 2.17. The van der Waals surface area contributed by atoms with Crippen molar-refractivity contribution in [3.05, 3.63) is 65.2 Å². The van der Waals surface area contributed by atoms with Gasteiger partial charge in [-0.2, -0.15) is 0 Å². The molecule has 0 saturated carbocycles. The second-order valence-corrected chi connectivity index (χ2v) is 7.82. The highest BCUT2D eigenvalue weighted by atomic mass is 35.5. The normalized spacial score (nSPS) is 12.0. The van der Waals surface area contributed by atoms with Gasteiger partial charge in [-0.15, -0.1) is 0 Å². The first-order valence-corrected chi connectivity index (χ1v) is 9.69. The fraction of sp³-hybridized carbons (Fsp3) is 0.364. The first kappa shape index (κ1) is 22.6. The van der Waals surface area contributed by atoms with Crippen LogP contribution >= 0.6 is 11.6 Å². The Balaban J connectivity index is 1.95. The summed E-state index contributed by atoms with van der Waals surface area (Å²) in [6.45, 7) is 5.54. The molecule has 29 heavy (non-hydrogen) atoms. The fourth-order valence-corrected chi connectivity index (χ4v) is 2.56. The molecule has 0 aromatic heterocycles. The Morgan fingerprint density at radius 1 is 1.07 bits per heavy atom. The Bertz CT molecular complexity index is 804. The van der Waals surface area contributed by atoms with Crippen LogP contribution in [0.15, 0.2) is 54.6 Å². The molecule has 0 heterocycles. The van der Waals surface area contributed by atoms with Gasteiger partial charge in [0.05, 0.1) is 6.61 Å². The van der Waals surface area contributed by atoms with Crippen molar-refractivity contribution < 1.29 is 23.8 Å². The van der Waals surface area contributed by atoms with Crippen LogP contribution in [0.3, 0.4) is 0 Å². The van der Waals surface area contributed by atoms with Gasteiger partial charge >= 0.3 is 12.1 Å². The van der Waals surface area contributed by atoms with E-state index in [2.05, 4.69) is 5.32 Å². The van der Waals surface area contributed by atoms with E-state index >= 15 is 0 Å². The fourth-order valence-electron chi connectivity index (χ4n) is 2.38. The topological polar surface area (TPSA) is 73.9 Å². The number of esters is 1. The van der Waals surface area contributed by atoms with Crippen LogP contribution in [-0.2, 0) is 20.9 Å². The van der Waals surface area contributed by atoms with Gasteiger partial charge in [-0.05, 0) is 44.5 Å². The SMILES string of the molecule is CC(C)(C)OC(=O)N[C@@H](CCOc1cccc(Cl)c1)C(=O)OCc1ccccc1. The summed E-state index contributed by atoms with van der Waals surface area (Å²) in [5.41, 5.74) is 0.173. The lowest BCUT2D eigenvalue weighted by Crippen LogP contribution is -2.45. The van der Waals surface area contributed by atoms with Gasteiger partial charge in [-0.3, -0.25) is 0 Å². The Labute approximate surface area is 176 Å². The molecule has 2 rings (SSSR count). The van der Waals surface area contributed by atoms with E-state index in [4.69, 9.17) is 25.8 Å². The first-order chi connectivity index (χ1) is 13.7. The number of carbonyl (C=O) groups is 2. The number of benzene rings is 2. The maximum Gasteiger partial charge on any atom is 0.408 e. The van der Waals surface area contributed by atoms with Gasteiger partial charge < -0.3 is 19.5 Å². The summed E-state index contributed by atoms with van der Waals surface area (Å²) >= 11 is 5.94. The van der Waals surface area contributed by atoms with Gasteiger partial charge in [0, 0.05) is 11.4 Å². The number of ether oxygens (including phenoxy) is 3. The van der Waals surface area contributed by atoms with Crippen molar-refractivity contribution in [2.45, 2.75) is 45.4 Å². The maximum absolute atomic E-state index is 12.5. The quantitative estimate of drug-likeness (QED) is 0.625. The van der Waals surface area contributed by atoms with Crippen LogP contribution in [0.5, 0.6) is 5.75 Å². The molecule has 0 radical (unpaired) electrons. The number of halogens is 1. The second kappa shape index (κ2) is 10.7. The average Bonchev–Trinajstić information content (AvgIpc) is 2.65. The van der Waals surface area contributed by atoms with Crippen LogP contribution in [0.4, 0.5) is 4.79 Å². The van der Waals surface area contributed by atoms with Crippen molar-refractivity contribution in [3.63, 3.8) is 0 Å². The van der Waals surface area contributed by atoms with Crippen LogP contribution < -0.4 is 10.1 Å². The predicted molar refractivity (Wildman–Crippen MR) is 111 cm³/mol. The molecular formula is C22H26ClNO5. The lowest BCUT2D eigenvalue weighted by molar-refractivity contribution is -0.147. The van der Waals surface area contributed by atoms with Crippen molar-refractivity contribution >= 4 is 23.7 Å². The summed E-state index contributed by atoms with van der Waals surface area (Å²) in [6.07, 6.45) is -0.485. The summed E-state index contributed by atoms with van der Waals surface area (Å²) in [5.74, 6) is 0.0144. The van der Waals surface area contributed by atoms with E-state index in [0.717, 1.165) is 5.56 Å². The molecule has 156 valence electrons. The number of hydrogen-bond donors (Lipinski definition) is 1. The zero-order chi connectivity index (χ0) is 21.3.